The van der Waals surface area contributed by atoms with E-state index >= 15 is 0 Å². The van der Waals surface area contributed by atoms with Crippen LogP contribution in [0.3, 0.4) is 0 Å². The number of halogens is 3. The van der Waals surface area contributed by atoms with Gasteiger partial charge < -0.3 is 14.7 Å². The highest BCUT2D eigenvalue weighted by Gasteiger charge is 2.39. The lowest BCUT2D eigenvalue weighted by Crippen LogP contribution is -2.60. The fourth-order valence-electron chi connectivity index (χ4n) is 5.69. The van der Waals surface area contributed by atoms with E-state index < -0.39 is 17.4 Å². The first-order valence-corrected chi connectivity index (χ1v) is 14.2. The largest absolute Gasteiger partial charge is 0.573 e. The number of rotatable bonds is 4. The number of hydrogen-bond acceptors (Lipinski definition) is 7. The van der Waals surface area contributed by atoms with Gasteiger partial charge >= 0.3 is 12.1 Å². The number of fused-ring (bicyclic) bond motifs is 2. The Morgan fingerprint density at radius 2 is 1.74 bits per heavy atom. The first-order chi connectivity index (χ1) is 19.4. The Hall–Kier alpha value is -3.84. The maximum Gasteiger partial charge on any atom is 0.573 e. The number of hydrogen-bond donors (Lipinski definition) is 1. The van der Waals surface area contributed by atoms with E-state index in [1.54, 1.807) is 43.1 Å². The Balaban J connectivity index is 1.68. The second-order valence-corrected chi connectivity index (χ2v) is 13.5. The van der Waals surface area contributed by atoms with Crippen LogP contribution in [0.2, 0.25) is 0 Å². The van der Waals surface area contributed by atoms with Crippen LogP contribution in [-0.2, 0) is 19.5 Å². The van der Waals surface area contributed by atoms with E-state index in [0.717, 1.165) is 5.69 Å². The maximum absolute atomic E-state index is 13.7. The van der Waals surface area contributed by atoms with Crippen LogP contribution in [0.4, 0.5) is 18.9 Å². The summed E-state index contributed by atoms with van der Waals surface area (Å²) in [5.41, 5.74) is 2.27. The Labute approximate surface area is 243 Å². The van der Waals surface area contributed by atoms with E-state index in [2.05, 4.69) is 9.72 Å². The van der Waals surface area contributed by atoms with E-state index in [-0.39, 0.29) is 17.0 Å². The Morgan fingerprint density at radius 1 is 1.05 bits per heavy atom. The number of β-amino-alcohol motifs (C(OH)–C–C–N with tert-alkyl or cyclic N) is 1. The molecule has 2 aromatic carbocycles. The topological polar surface area (TPSA) is 90.3 Å². The van der Waals surface area contributed by atoms with E-state index in [1.807, 2.05) is 42.4 Å². The molecule has 9 nitrogen and oxygen atoms in total. The van der Waals surface area contributed by atoms with Gasteiger partial charge in [0.15, 0.2) is 0 Å². The molecule has 3 aromatic heterocycles. The minimum Gasteiger partial charge on any atom is -0.405 e. The summed E-state index contributed by atoms with van der Waals surface area (Å²) >= 11 is 1.27. The molecule has 0 unspecified atom stereocenters. The summed E-state index contributed by atoms with van der Waals surface area (Å²) in [6.07, 6.45) is -3.38. The third kappa shape index (κ3) is 4.64. The van der Waals surface area contributed by atoms with Gasteiger partial charge in [0.05, 0.1) is 48.9 Å². The highest BCUT2D eigenvalue weighted by molar-refractivity contribution is 7.15. The monoisotopic (exact) mass is 600 g/mol. The van der Waals surface area contributed by atoms with E-state index in [0.29, 0.717) is 56.6 Å². The van der Waals surface area contributed by atoms with Crippen LogP contribution in [0.25, 0.3) is 38.2 Å². The van der Waals surface area contributed by atoms with Gasteiger partial charge in [-0.25, -0.2) is 14.8 Å². The molecule has 1 N–H and O–H groups in total. The molecular weight excluding hydrogens is 569 g/mol. The van der Waals surface area contributed by atoms with Crippen LogP contribution in [0.5, 0.6) is 5.75 Å². The Bertz CT molecular complexity index is 1930. The molecule has 222 valence electrons. The lowest BCUT2D eigenvalue weighted by atomic mass is 9.95. The van der Waals surface area contributed by atoms with Crippen molar-refractivity contribution in [3.8, 4) is 21.9 Å². The molecule has 0 radical (unpaired) electrons. The molecule has 0 amide bonds. The summed E-state index contributed by atoms with van der Waals surface area (Å²) < 4.78 is 50.5. The average Bonchev–Trinajstić information content (AvgIpc) is 3.52. The number of alkyl halides is 3. The molecule has 0 spiro atoms. The van der Waals surface area contributed by atoms with E-state index in [1.165, 1.54) is 23.6 Å². The quantitative estimate of drug-likeness (QED) is 0.297. The van der Waals surface area contributed by atoms with Crippen LogP contribution >= 0.6 is 11.3 Å². The molecule has 1 fully saturated rings. The molecule has 1 saturated heterocycles. The molecule has 0 bridgehead atoms. The standard InChI is InChI=1S/C29H31F3N6O3S/c1-15-33-12-23(42-15)17-10-18-19(11-22(17)41-29(30,31)32)38(25(34-18)27(2,3)4)16-8-20-24(36(7)26(39)35(20)6)21(9-16)37-13-28(5,40)14-37/h8-12,40H,13-14H2,1-7H3. The molecule has 1 aliphatic heterocycles. The smallest absolute Gasteiger partial charge is 0.405 e. The van der Waals surface area contributed by atoms with Crippen LogP contribution in [0, 0.1) is 6.92 Å². The molecule has 42 heavy (non-hydrogen) atoms. The highest BCUT2D eigenvalue weighted by atomic mass is 32.1. The predicted octanol–water partition coefficient (Wildman–Crippen LogP) is 5.41. The van der Waals surface area contributed by atoms with Crippen LogP contribution in [0.15, 0.2) is 35.3 Å². The lowest BCUT2D eigenvalue weighted by Gasteiger charge is -2.46. The highest BCUT2D eigenvalue weighted by Crippen LogP contribution is 2.42. The zero-order chi connectivity index (χ0) is 30.5. The number of anilines is 1. The summed E-state index contributed by atoms with van der Waals surface area (Å²) in [4.78, 5) is 24.7. The van der Waals surface area contributed by atoms with Gasteiger partial charge in [-0.2, -0.15) is 0 Å². The van der Waals surface area contributed by atoms with E-state index in [4.69, 9.17) is 4.98 Å². The summed E-state index contributed by atoms with van der Waals surface area (Å²) in [7, 11) is 3.38. The summed E-state index contributed by atoms with van der Waals surface area (Å²) in [6, 6.07) is 6.73. The molecule has 0 saturated carbocycles. The first kappa shape index (κ1) is 28.3. The molecule has 4 heterocycles. The number of ether oxygens (including phenoxy) is 1. The minimum absolute atomic E-state index is 0.215. The summed E-state index contributed by atoms with van der Waals surface area (Å²) in [6.45, 7) is 10.2. The van der Waals surface area contributed by atoms with Gasteiger partial charge in [-0.1, -0.05) is 20.8 Å². The molecular formula is C29H31F3N6O3S. The number of aryl methyl sites for hydroxylation is 3. The number of nitrogens with zero attached hydrogens (tertiary/aromatic N) is 6. The number of thiazole rings is 1. The number of aliphatic hydroxyl groups is 1. The predicted molar refractivity (Wildman–Crippen MR) is 157 cm³/mol. The van der Waals surface area contributed by atoms with Crippen LogP contribution < -0.4 is 15.3 Å². The Morgan fingerprint density at radius 3 is 2.31 bits per heavy atom. The zero-order valence-electron chi connectivity index (χ0n) is 24.3. The molecule has 5 aromatic rings. The molecule has 13 heteroatoms. The van der Waals surface area contributed by atoms with Gasteiger partial charge in [0.1, 0.15) is 11.6 Å². The van der Waals surface area contributed by atoms with E-state index in [9.17, 15) is 23.1 Å². The van der Waals surface area contributed by atoms with Crippen molar-refractivity contribution in [1.82, 2.24) is 23.7 Å². The number of imidazole rings is 2. The van der Waals surface area contributed by atoms with Gasteiger partial charge in [0.25, 0.3) is 0 Å². The third-order valence-electron chi connectivity index (χ3n) is 7.53. The summed E-state index contributed by atoms with van der Waals surface area (Å²) in [5, 5.41) is 11.2. The van der Waals surface area contributed by atoms with Gasteiger partial charge in [-0.05, 0) is 32.0 Å². The van der Waals surface area contributed by atoms with Crippen molar-refractivity contribution in [2.24, 2.45) is 14.1 Å². The van der Waals surface area contributed by atoms with Crippen molar-refractivity contribution in [1.29, 1.82) is 0 Å². The van der Waals surface area contributed by atoms with Crippen LogP contribution in [0.1, 0.15) is 38.5 Å². The van der Waals surface area contributed by atoms with Crippen molar-refractivity contribution >= 4 is 39.1 Å². The SMILES string of the molecule is Cc1ncc(-c2cc3nc(C(C)(C)C)n(-c4cc(N5CC(C)(O)C5)c5c(c4)n(C)c(=O)n5C)c3cc2OC(F)(F)F)s1. The normalized spacial score (nSPS) is 15.5. The van der Waals surface area contributed by atoms with Crippen molar-refractivity contribution in [2.45, 2.75) is 52.0 Å². The number of aromatic nitrogens is 5. The Kier molecular flexibility index (Phi) is 6.11. The van der Waals surface area contributed by atoms with Crippen molar-refractivity contribution < 1.29 is 23.0 Å². The van der Waals surface area contributed by atoms with Gasteiger partial charge in [0.2, 0.25) is 0 Å². The second kappa shape index (κ2) is 9.08. The average molecular weight is 601 g/mol. The van der Waals surface area contributed by atoms with Gasteiger partial charge in [-0.3, -0.25) is 13.7 Å². The third-order valence-corrected chi connectivity index (χ3v) is 8.47. The van der Waals surface area contributed by atoms with Gasteiger partial charge in [-0.15, -0.1) is 24.5 Å². The fraction of sp³-hybridized carbons (Fsp3) is 0.414. The molecule has 6 rings (SSSR count). The summed E-state index contributed by atoms with van der Waals surface area (Å²) in [5.74, 6) is 0.266. The maximum atomic E-state index is 13.7. The zero-order valence-corrected chi connectivity index (χ0v) is 25.1. The first-order valence-electron chi connectivity index (χ1n) is 13.4. The molecule has 0 aliphatic carbocycles. The fourth-order valence-corrected chi connectivity index (χ4v) is 6.48. The number of benzene rings is 2. The van der Waals surface area contributed by atoms with Crippen molar-refractivity contribution in [2.75, 3.05) is 18.0 Å². The second-order valence-electron chi connectivity index (χ2n) is 12.2. The van der Waals surface area contributed by atoms with Crippen LogP contribution in [-0.4, -0.2) is 53.8 Å². The molecule has 1 aliphatic rings. The van der Waals surface area contributed by atoms with Crippen molar-refractivity contribution in [3.63, 3.8) is 0 Å². The lowest BCUT2D eigenvalue weighted by molar-refractivity contribution is -0.274. The van der Waals surface area contributed by atoms with Gasteiger partial charge in [0, 0.05) is 50.4 Å². The molecule has 0 atom stereocenters. The minimum atomic E-state index is -4.91. The van der Waals surface area contributed by atoms with Crippen molar-refractivity contribution in [3.05, 3.63) is 51.8 Å².